The van der Waals surface area contributed by atoms with Gasteiger partial charge in [-0.3, -0.25) is 9.78 Å². The Labute approximate surface area is 179 Å². The number of guanidine groups is 1. The summed E-state index contributed by atoms with van der Waals surface area (Å²) >= 11 is 0. The predicted molar refractivity (Wildman–Crippen MR) is 120 cm³/mol. The van der Waals surface area contributed by atoms with Crippen LogP contribution in [0, 0.1) is 0 Å². The molecule has 1 aromatic rings. The number of rotatable bonds is 9. The lowest BCUT2D eigenvalue weighted by atomic mass is 9.98. The smallest absolute Gasteiger partial charge is 0.246 e. The number of nitrogens with zero attached hydrogens (tertiary/aromatic N) is 2. The molecule has 1 amide bonds. The van der Waals surface area contributed by atoms with E-state index >= 15 is 0 Å². The first-order valence-corrected chi connectivity index (χ1v) is 9.61. The summed E-state index contributed by atoms with van der Waals surface area (Å²) in [6, 6.07) is 3.57. The quantitative estimate of drug-likeness (QED) is 0.215. The molecule has 0 aromatic carbocycles. The first-order chi connectivity index (χ1) is 12.8. The van der Waals surface area contributed by atoms with Crippen molar-refractivity contribution in [1.82, 2.24) is 15.6 Å². The number of hydrogen-bond donors (Lipinski definition) is 3. The van der Waals surface area contributed by atoms with Gasteiger partial charge >= 0.3 is 0 Å². The number of pyridine rings is 1. The summed E-state index contributed by atoms with van der Waals surface area (Å²) in [6.45, 7) is 4.33. The van der Waals surface area contributed by atoms with Crippen LogP contribution in [-0.4, -0.2) is 49.2 Å². The van der Waals surface area contributed by atoms with Gasteiger partial charge in [0.05, 0.1) is 18.0 Å². The van der Waals surface area contributed by atoms with E-state index in [1.807, 2.05) is 6.92 Å². The number of ether oxygens (including phenoxy) is 1. The normalized spacial score (nSPS) is 14.9. The Bertz CT molecular complexity index is 550. The second-order valence-corrected chi connectivity index (χ2v) is 6.40. The minimum Gasteiger partial charge on any atom is -0.378 e. The number of carbonyl (C=O) groups is 1. The van der Waals surface area contributed by atoms with Crippen molar-refractivity contribution in [3.05, 3.63) is 24.5 Å². The van der Waals surface area contributed by atoms with E-state index in [0.29, 0.717) is 17.8 Å². The van der Waals surface area contributed by atoms with Crippen LogP contribution in [-0.2, 0) is 9.53 Å². The Morgan fingerprint density at radius 3 is 2.81 bits per heavy atom. The molecule has 8 heteroatoms. The van der Waals surface area contributed by atoms with Gasteiger partial charge in [-0.1, -0.05) is 19.3 Å². The molecule has 7 nitrogen and oxygen atoms in total. The number of amides is 1. The fraction of sp³-hybridized carbons (Fsp3) is 0.632. The third-order valence-electron chi connectivity index (χ3n) is 4.19. The van der Waals surface area contributed by atoms with Crippen molar-refractivity contribution in [2.45, 2.75) is 51.6 Å². The fourth-order valence-electron chi connectivity index (χ4n) is 2.89. The predicted octanol–water partition coefficient (Wildman–Crippen LogP) is 2.93. The molecule has 0 atom stereocenters. The lowest BCUT2D eigenvalue weighted by molar-refractivity contribution is -0.114. The van der Waals surface area contributed by atoms with Crippen molar-refractivity contribution in [3.8, 4) is 0 Å². The molecule has 2 rings (SSSR count). The van der Waals surface area contributed by atoms with Crippen molar-refractivity contribution in [2.24, 2.45) is 4.99 Å². The van der Waals surface area contributed by atoms with Crippen LogP contribution in [0.4, 0.5) is 5.69 Å². The van der Waals surface area contributed by atoms with Crippen molar-refractivity contribution in [1.29, 1.82) is 0 Å². The zero-order valence-electron chi connectivity index (χ0n) is 16.1. The molecule has 3 N–H and O–H groups in total. The molecule has 1 heterocycles. The minimum absolute atomic E-state index is 0. The molecule has 0 aliphatic heterocycles. The average Bonchev–Trinajstić information content (AvgIpc) is 2.67. The third kappa shape index (κ3) is 10.5. The topological polar surface area (TPSA) is 87.6 Å². The summed E-state index contributed by atoms with van der Waals surface area (Å²) in [5.74, 6) is 0.474. The molecule has 1 aromatic heterocycles. The van der Waals surface area contributed by atoms with Crippen LogP contribution in [0.25, 0.3) is 0 Å². The van der Waals surface area contributed by atoms with Crippen LogP contribution in [0.2, 0.25) is 0 Å². The highest BCUT2D eigenvalue weighted by Gasteiger charge is 2.13. The lowest BCUT2D eigenvalue weighted by Gasteiger charge is -2.22. The number of carbonyl (C=O) groups excluding carboxylic acids is 1. The maximum Gasteiger partial charge on any atom is 0.246 e. The summed E-state index contributed by atoms with van der Waals surface area (Å²) < 4.78 is 5.92. The Kier molecular flexibility index (Phi) is 12.8. The van der Waals surface area contributed by atoms with Gasteiger partial charge in [-0.05, 0) is 38.3 Å². The molecule has 152 valence electrons. The van der Waals surface area contributed by atoms with Crippen LogP contribution in [0.1, 0.15) is 45.4 Å². The highest BCUT2D eigenvalue weighted by molar-refractivity contribution is 14.0. The van der Waals surface area contributed by atoms with Crippen LogP contribution < -0.4 is 16.0 Å². The number of aromatic nitrogens is 1. The molecule has 1 aliphatic rings. The second-order valence-electron chi connectivity index (χ2n) is 6.40. The van der Waals surface area contributed by atoms with Gasteiger partial charge in [-0.2, -0.15) is 0 Å². The van der Waals surface area contributed by atoms with Gasteiger partial charge in [0.15, 0.2) is 5.96 Å². The lowest BCUT2D eigenvalue weighted by Crippen LogP contribution is -2.38. The Morgan fingerprint density at radius 1 is 1.30 bits per heavy atom. The van der Waals surface area contributed by atoms with Gasteiger partial charge < -0.3 is 20.7 Å². The van der Waals surface area contributed by atoms with E-state index in [2.05, 4.69) is 25.9 Å². The summed E-state index contributed by atoms with van der Waals surface area (Å²) in [5, 5.41) is 9.16. The third-order valence-corrected chi connectivity index (χ3v) is 4.19. The second kappa shape index (κ2) is 14.6. The van der Waals surface area contributed by atoms with Gasteiger partial charge in [0, 0.05) is 25.9 Å². The highest BCUT2D eigenvalue weighted by atomic mass is 127. The van der Waals surface area contributed by atoms with Gasteiger partial charge in [-0.25, -0.2) is 4.99 Å². The monoisotopic (exact) mass is 489 g/mol. The first-order valence-electron chi connectivity index (χ1n) is 9.61. The standard InChI is InChI=1S/C19H31N5O2.HI/c1-2-21-19(22-12-7-13-26-17-9-4-3-5-10-17)23-15-18(25)24-16-8-6-11-20-14-16;/h6,8,11,14,17H,2-5,7,9-10,12-13,15H2,1H3,(H,24,25)(H2,21,22,23);1H. The zero-order chi connectivity index (χ0) is 18.5. The molecule has 1 fully saturated rings. The van der Waals surface area contributed by atoms with Crippen LogP contribution >= 0.6 is 24.0 Å². The summed E-state index contributed by atoms with van der Waals surface area (Å²) in [4.78, 5) is 20.2. The molecule has 0 spiro atoms. The molecular weight excluding hydrogens is 457 g/mol. The van der Waals surface area contributed by atoms with Gasteiger partial charge in [0.1, 0.15) is 6.54 Å². The van der Waals surface area contributed by atoms with E-state index in [4.69, 9.17) is 4.74 Å². The molecule has 27 heavy (non-hydrogen) atoms. The van der Waals surface area contributed by atoms with E-state index in [0.717, 1.165) is 26.1 Å². The number of hydrogen-bond acceptors (Lipinski definition) is 4. The largest absolute Gasteiger partial charge is 0.378 e. The molecule has 0 saturated heterocycles. The fourth-order valence-corrected chi connectivity index (χ4v) is 2.89. The van der Waals surface area contributed by atoms with Gasteiger partial charge in [0.25, 0.3) is 0 Å². The van der Waals surface area contributed by atoms with E-state index in [1.54, 1.807) is 24.5 Å². The number of anilines is 1. The minimum atomic E-state index is -0.171. The van der Waals surface area contributed by atoms with Crippen molar-refractivity contribution in [2.75, 3.05) is 31.6 Å². The van der Waals surface area contributed by atoms with E-state index in [1.165, 1.54) is 32.1 Å². The van der Waals surface area contributed by atoms with Crippen LogP contribution in [0.3, 0.4) is 0 Å². The molecule has 0 radical (unpaired) electrons. The summed E-state index contributed by atoms with van der Waals surface area (Å²) in [7, 11) is 0. The van der Waals surface area contributed by atoms with Gasteiger partial charge in [0.2, 0.25) is 5.91 Å². The summed E-state index contributed by atoms with van der Waals surface area (Å²) in [5.41, 5.74) is 0.672. The van der Waals surface area contributed by atoms with Crippen molar-refractivity contribution in [3.63, 3.8) is 0 Å². The SMILES string of the molecule is CCNC(=NCC(=O)Nc1cccnc1)NCCCOC1CCCCC1.I. The molecule has 1 aliphatic carbocycles. The maximum absolute atomic E-state index is 12.0. The molecular formula is C19H32IN5O2. The first kappa shape index (κ1) is 23.6. The Hall–Kier alpha value is -1.42. The zero-order valence-corrected chi connectivity index (χ0v) is 18.4. The number of halogens is 1. The van der Waals surface area contributed by atoms with E-state index in [-0.39, 0.29) is 36.4 Å². The van der Waals surface area contributed by atoms with Gasteiger partial charge in [-0.15, -0.1) is 24.0 Å². The Morgan fingerprint density at radius 2 is 2.11 bits per heavy atom. The molecule has 0 bridgehead atoms. The molecule has 1 saturated carbocycles. The summed E-state index contributed by atoms with van der Waals surface area (Å²) in [6.07, 6.45) is 11.0. The number of aliphatic imine (C=N–C) groups is 1. The number of nitrogens with one attached hydrogen (secondary N) is 3. The Balaban J connectivity index is 0.00000364. The van der Waals surface area contributed by atoms with Crippen LogP contribution in [0.15, 0.2) is 29.5 Å². The highest BCUT2D eigenvalue weighted by Crippen LogP contribution is 2.20. The van der Waals surface area contributed by atoms with Crippen molar-refractivity contribution >= 4 is 41.5 Å². The van der Waals surface area contributed by atoms with E-state index in [9.17, 15) is 4.79 Å². The molecule has 0 unspecified atom stereocenters. The van der Waals surface area contributed by atoms with E-state index < -0.39 is 0 Å². The average molecular weight is 489 g/mol. The maximum atomic E-state index is 12.0. The van der Waals surface area contributed by atoms with Crippen LogP contribution in [0.5, 0.6) is 0 Å². The van der Waals surface area contributed by atoms with Crippen molar-refractivity contribution < 1.29 is 9.53 Å².